The van der Waals surface area contributed by atoms with Crippen LogP contribution in [0.1, 0.15) is 26.6 Å². The molecule has 21 heavy (non-hydrogen) atoms. The van der Waals surface area contributed by atoms with Gasteiger partial charge in [-0.1, -0.05) is 31.2 Å². The number of para-hydroxylation sites is 2. The van der Waals surface area contributed by atoms with Gasteiger partial charge in [-0.2, -0.15) is 0 Å². The van der Waals surface area contributed by atoms with E-state index in [1.54, 1.807) is 0 Å². The smallest absolute Gasteiger partial charge is 0.242 e. The van der Waals surface area contributed by atoms with Gasteiger partial charge in [-0.3, -0.25) is 4.79 Å². The van der Waals surface area contributed by atoms with Crippen LogP contribution in [-0.2, 0) is 17.8 Å². The molecule has 0 atom stereocenters. The van der Waals surface area contributed by atoms with Gasteiger partial charge in [0.15, 0.2) is 0 Å². The zero-order valence-electron chi connectivity index (χ0n) is 13.1. The van der Waals surface area contributed by atoms with Gasteiger partial charge in [0.2, 0.25) is 5.91 Å². The van der Waals surface area contributed by atoms with Crippen molar-refractivity contribution in [2.45, 2.75) is 33.7 Å². The topological polar surface area (TPSA) is 38.1 Å². The van der Waals surface area contributed by atoms with E-state index in [0.29, 0.717) is 19.6 Å². The van der Waals surface area contributed by atoms with Crippen molar-refractivity contribution in [3.8, 4) is 0 Å². The third kappa shape index (κ3) is 3.32. The largest absolute Gasteiger partial charge is 0.337 e. The fraction of sp³-hybridized carbons (Fsp3) is 0.412. The molecular formula is C17H23N3O. The summed E-state index contributed by atoms with van der Waals surface area (Å²) in [6, 6.07) is 7.96. The summed E-state index contributed by atoms with van der Waals surface area (Å²) in [4.78, 5) is 19.0. The molecule has 0 unspecified atom stereocenters. The van der Waals surface area contributed by atoms with Crippen LogP contribution in [0.15, 0.2) is 36.4 Å². The van der Waals surface area contributed by atoms with Crippen molar-refractivity contribution in [3.63, 3.8) is 0 Å². The number of rotatable bonds is 6. The Morgan fingerprint density at radius 2 is 2.05 bits per heavy atom. The van der Waals surface area contributed by atoms with Gasteiger partial charge in [0.05, 0.1) is 11.0 Å². The Balaban J connectivity index is 2.29. The summed E-state index contributed by atoms with van der Waals surface area (Å²) in [6.45, 7) is 11.5. The van der Waals surface area contributed by atoms with Crippen LogP contribution in [0, 0.1) is 0 Å². The van der Waals surface area contributed by atoms with E-state index in [9.17, 15) is 4.79 Å². The molecule has 1 amide bonds. The molecule has 0 saturated carbocycles. The van der Waals surface area contributed by atoms with E-state index in [-0.39, 0.29) is 5.91 Å². The van der Waals surface area contributed by atoms with E-state index in [2.05, 4.69) is 18.5 Å². The zero-order chi connectivity index (χ0) is 15.4. The molecule has 2 aromatic rings. The average molecular weight is 285 g/mol. The lowest BCUT2D eigenvalue weighted by atomic mass is 10.3. The molecule has 0 N–H and O–H groups in total. The first kappa shape index (κ1) is 15.3. The quantitative estimate of drug-likeness (QED) is 0.765. The Morgan fingerprint density at radius 3 is 2.67 bits per heavy atom. The highest BCUT2D eigenvalue weighted by atomic mass is 16.2. The Hall–Kier alpha value is -2.10. The van der Waals surface area contributed by atoms with Crippen molar-refractivity contribution in [2.75, 3.05) is 13.1 Å². The van der Waals surface area contributed by atoms with E-state index >= 15 is 0 Å². The Morgan fingerprint density at radius 1 is 1.33 bits per heavy atom. The van der Waals surface area contributed by atoms with Gasteiger partial charge in [0.25, 0.3) is 0 Å². The summed E-state index contributed by atoms with van der Waals surface area (Å²) < 4.78 is 2.03. The number of aromatic nitrogens is 2. The van der Waals surface area contributed by atoms with Crippen LogP contribution in [0.5, 0.6) is 0 Å². The van der Waals surface area contributed by atoms with Gasteiger partial charge in [-0.25, -0.2) is 4.98 Å². The van der Waals surface area contributed by atoms with Gasteiger partial charge < -0.3 is 9.47 Å². The number of hydrogen-bond acceptors (Lipinski definition) is 2. The first-order chi connectivity index (χ1) is 10.1. The summed E-state index contributed by atoms with van der Waals surface area (Å²) in [5, 5.41) is 0. The number of amides is 1. The van der Waals surface area contributed by atoms with Crippen LogP contribution in [-0.4, -0.2) is 33.4 Å². The molecule has 1 heterocycles. The number of benzene rings is 1. The fourth-order valence-electron chi connectivity index (χ4n) is 2.51. The lowest BCUT2D eigenvalue weighted by molar-refractivity contribution is -0.131. The maximum atomic E-state index is 12.5. The molecular weight excluding hydrogens is 262 g/mol. The molecule has 4 heteroatoms. The van der Waals surface area contributed by atoms with Crippen LogP contribution in [0.4, 0.5) is 0 Å². The number of imidazole rings is 1. The van der Waals surface area contributed by atoms with Gasteiger partial charge in [-0.05, 0) is 26.0 Å². The number of carbonyl (C=O) groups is 1. The van der Waals surface area contributed by atoms with Crippen molar-refractivity contribution >= 4 is 16.9 Å². The summed E-state index contributed by atoms with van der Waals surface area (Å²) in [5.41, 5.74) is 2.97. The molecule has 0 spiro atoms. The van der Waals surface area contributed by atoms with Crippen molar-refractivity contribution in [1.29, 1.82) is 0 Å². The maximum absolute atomic E-state index is 12.5. The van der Waals surface area contributed by atoms with Gasteiger partial charge in [0, 0.05) is 19.5 Å². The van der Waals surface area contributed by atoms with Crippen LogP contribution >= 0.6 is 0 Å². The molecule has 2 rings (SSSR count). The average Bonchev–Trinajstić information content (AvgIpc) is 2.82. The van der Waals surface area contributed by atoms with E-state index in [1.165, 1.54) is 0 Å². The Labute approximate surface area is 126 Å². The lowest BCUT2D eigenvalue weighted by Crippen LogP contribution is -2.35. The molecule has 0 radical (unpaired) electrons. The van der Waals surface area contributed by atoms with Crippen LogP contribution < -0.4 is 0 Å². The minimum Gasteiger partial charge on any atom is -0.337 e. The number of carbonyl (C=O) groups excluding carboxylic acids is 1. The lowest BCUT2D eigenvalue weighted by Gasteiger charge is -2.22. The second-order valence-corrected chi connectivity index (χ2v) is 5.32. The number of hydrogen-bond donors (Lipinski definition) is 0. The van der Waals surface area contributed by atoms with Gasteiger partial charge in [0.1, 0.15) is 12.4 Å². The minimum atomic E-state index is 0.110. The molecule has 0 saturated heterocycles. The second kappa shape index (κ2) is 6.57. The van der Waals surface area contributed by atoms with Crippen LogP contribution in [0.2, 0.25) is 0 Å². The molecule has 0 bridgehead atoms. The van der Waals surface area contributed by atoms with E-state index in [4.69, 9.17) is 0 Å². The van der Waals surface area contributed by atoms with Gasteiger partial charge >= 0.3 is 0 Å². The highest BCUT2D eigenvalue weighted by Crippen LogP contribution is 2.17. The summed E-state index contributed by atoms with van der Waals surface area (Å²) >= 11 is 0. The highest BCUT2D eigenvalue weighted by Gasteiger charge is 2.16. The fourth-order valence-corrected chi connectivity index (χ4v) is 2.51. The Bertz CT molecular complexity index is 657. The highest BCUT2D eigenvalue weighted by molar-refractivity contribution is 5.81. The number of aryl methyl sites for hydroxylation is 1. The molecule has 112 valence electrons. The third-order valence-electron chi connectivity index (χ3n) is 3.54. The zero-order valence-corrected chi connectivity index (χ0v) is 13.1. The SMILES string of the molecule is C=C(C)CN(CC)C(=O)Cn1c(CC)nc2ccccc21. The molecule has 0 aliphatic heterocycles. The standard InChI is InChI=1S/C17H23N3O/c1-5-16-18-14-9-7-8-10-15(14)20(16)12-17(21)19(6-2)11-13(3)4/h7-10H,3,5-6,11-12H2,1-2,4H3. The van der Waals surface area contributed by atoms with E-state index in [0.717, 1.165) is 28.9 Å². The maximum Gasteiger partial charge on any atom is 0.242 e. The minimum absolute atomic E-state index is 0.110. The van der Waals surface area contributed by atoms with Crippen molar-refractivity contribution in [3.05, 3.63) is 42.2 Å². The molecule has 0 aliphatic carbocycles. The summed E-state index contributed by atoms with van der Waals surface area (Å²) in [7, 11) is 0. The second-order valence-electron chi connectivity index (χ2n) is 5.32. The number of nitrogens with zero attached hydrogens (tertiary/aromatic N) is 3. The van der Waals surface area contributed by atoms with Crippen molar-refractivity contribution in [2.24, 2.45) is 0 Å². The summed E-state index contributed by atoms with van der Waals surface area (Å²) in [6.07, 6.45) is 0.814. The molecule has 0 fully saturated rings. The predicted molar refractivity (Wildman–Crippen MR) is 86.2 cm³/mol. The molecule has 1 aromatic heterocycles. The predicted octanol–water partition coefficient (Wildman–Crippen LogP) is 3.02. The first-order valence-electron chi connectivity index (χ1n) is 7.43. The molecule has 1 aromatic carbocycles. The molecule has 0 aliphatic rings. The van der Waals surface area contributed by atoms with Crippen LogP contribution in [0.3, 0.4) is 0 Å². The van der Waals surface area contributed by atoms with Crippen LogP contribution in [0.25, 0.3) is 11.0 Å². The van der Waals surface area contributed by atoms with E-state index < -0.39 is 0 Å². The van der Waals surface area contributed by atoms with E-state index in [1.807, 2.05) is 47.6 Å². The normalized spacial score (nSPS) is 10.8. The number of likely N-dealkylation sites (N-methyl/N-ethyl adjacent to an activating group) is 1. The van der Waals surface area contributed by atoms with Crippen molar-refractivity contribution < 1.29 is 4.79 Å². The van der Waals surface area contributed by atoms with Gasteiger partial charge in [-0.15, -0.1) is 0 Å². The summed E-state index contributed by atoms with van der Waals surface area (Å²) in [5.74, 6) is 1.06. The number of fused-ring (bicyclic) bond motifs is 1. The first-order valence-corrected chi connectivity index (χ1v) is 7.43. The third-order valence-corrected chi connectivity index (χ3v) is 3.54. The Kier molecular flexibility index (Phi) is 4.78. The monoisotopic (exact) mass is 285 g/mol. The molecule has 4 nitrogen and oxygen atoms in total. The van der Waals surface area contributed by atoms with Crippen molar-refractivity contribution in [1.82, 2.24) is 14.5 Å².